The quantitative estimate of drug-likeness (QED) is 0.674. The normalized spacial score (nSPS) is 28.0. The molecule has 146 valence electrons. The van der Waals surface area contributed by atoms with Crippen LogP contribution in [-0.4, -0.2) is 44.0 Å². The maximum atomic E-state index is 8.00. The Balaban J connectivity index is 1.69. The van der Waals surface area contributed by atoms with Crippen molar-refractivity contribution >= 4 is 17.5 Å². The van der Waals surface area contributed by atoms with Gasteiger partial charge in [-0.3, -0.25) is 0 Å². The van der Waals surface area contributed by atoms with E-state index < -0.39 is 0 Å². The van der Waals surface area contributed by atoms with Crippen LogP contribution in [0.15, 0.2) is 18.3 Å². The molecule has 0 amide bonds. The Labute approximate surface area is 162 Å². The van der Waals surface area contributed by atoms with Crippen molar-refractivity contribution in [3.8, 4) is 5.75 Å². The number of benzene rings is 1. The van der Waals surface area contributed by atoms with E-state index in [2.05, 4.69) is 48.6 Å². The van der Waals surface area contributed by atoms with Crippen molar-refractivity contribution in [1.82, 2.24) is 10.6 Å². The van der Waals surface area contributed by atoms with E-state index in [0.717, 1.165) is 49.1 Å². The zero-order valence-corrected chi connectivity index (χ0v) is 16.7. The summed E-state index contributed by atoms with van der Waals surface area (Å²) in [5.74, 6) is 1.01. The minimum atomic E-state index is 0.329. The molecule has 1 saturated heterocycles. The maximum Gasteiger partial charge on any atom is 0.132 e. The number of allylic oxidation sites excluding steroid dienone is 1. The molecule has 1 aromatic carbocycles. The third-order valence-electron chi connectivity index (χ3n) is 6.61. The van der Waals surface area contributed by atoms with Crippen LogP contribution in [0.4, 0.5) is 5.69 Å². The summed E-state index contributed by atoms with van der Waals surface area (Å²) in [6, 6.07) is 5.80. The summed E-state index contributed by atoms with van der Waals surface area (Å²) < 4.78 is 6.50. The molecule has 0 bridgehead atoms. The Hall–Kier alpha value is -2.01. The Morgan fingerprint density at radius 1 is 1.30 bits per heavy atom. The summed E-state index contributed by atoms with van der Waals surface area (Å²) in [4.78, 5) is 2.37. The van der Waals surface area contributed by atoms with Crippen LogP contribution in [0.25, 0.3) is 5.57 Å². The number of hydrogen-bond acceptors (Lipinski definition) is 5. The molecular weight excluding hydrogens is 336 g/mol. The van der Waals surface area contributed by atoms with Crippen molar-refractivity contribution in [2.45, 2.75) is 70.2 Å². The molecule has 27 heavy (non-hydrogen) atoms. The van der Waals surface area contributed by atoms with E-state index in [1.165, 1.54) is 23.9 Å². The first-order chi connectivity index (χ1) is 13.1. The van der Waals surface area contributed by atoms with Gasteiger partial charge in [0.1, 0.15) is 5.75 Å². The monoisotopic (exact) mass is 368 g/mol. The predicted molar refractivity (Wildman–Crippen MR) is 112 cm³/mol. The molecule has 3 aliphatic rings. The van der Waals surface area contributed by atoms with Gasteiger partial charge >= 0.3 is 0 Å². The zero-order valence-electron chi connectivity index (χ0n) is 16.7. The van der Waals surface area contributed by atoms with Gasteiger partial charge in [0.15, 0.2) is 0 Å². The van der Waals surface area contributed by atoms with E-state index in [1.54, 1.807) is 0 Å². The lowest BCUT2D eigenvalue weighted by Gasteiger charge is -2.37. The SMILES string of the molecule is CC1NCC1N/C=C(\C=N)c1ccc2c(c1OC1CCC1)CCC(C)N2C. The summed E-state index contributed by atoms with van der Waals surface area (Å²) in [5, 5.41) is 14.8. The van der Waals surface area contributed by atoms with E-state index in [1.807, 2.05) is 6.20 Å². The number of fused-ring (bicyclic) bond motifs is 1. The average molecular weight is 369 g/mol. The summed E-state index contributed by atoms with van der Waals surface area (Å²) in [6.45, 7) is 5.44. The Bertz CT molecular complexity index is 740. The van der Waals surface area contributed by atoms with E-state index in [4.69, 9.17) is 10.1 Å². The highest BCUT2D eigenvalue weighted by Gasteiger charge is 2.29. The second-order valence-corrected chi connectivity index (χ2v) is 8.32. The van der Waals surface area contributed by atoms with Crippen LogP contribution in [0.1, 0.15) is 50.7 Å². The molecule has 2 heterocycles. The molecule has 2 fully saturated rings. The first kappa shape index (κ1) is 18.4. The molecule has 1 aliphatic carbocycles. The lowest BCUT2D eigenvalue weighted by atomic mass is 9.91. The smallest absolute Gasteiger partial charge is 0.132 e. The second kappa shape index (κ2) is 7.55. The molecule has 2 aliphatic heterocycles. The molecule has 1 aromatic rings. The topological polar surface area (TPSA) is 60.4 Å². The fourth-order valence-electron chi connectivity index (χ4n) is 4.06. The van der Waals surface area contributed by atoms with Crippen LogP contribution < -0.4 is 20.3 Å². The molecule has 0 spiro atoms. The molecule has 5 nitrogen and oxygen atoms in total. The molecular formula is C22H32N4O. The maximum absolute atomic E-state index is 8.00. The standard InChI is InChI=1S/C22H32N4O/c1-14-7-8-19-21(26(14)3)10-9-18(22(19)27-17-5-4-6-17)16(11-23)12-25-20-13-24-15(20)2/h9-12,14-15,17,20,23-25H,4-8,13H2,1-3H3/b16-12+,23-11?. The van der Waals surface area contributed by atoms with Crippen LogP contribution in [0.2, 0.25) is 0 Å². The van der Waals surface area contributed by atoms with Gasteiger partial charge in [0.2, 0.25) is 0 Å². The number of nitrogens with zero attached hydrogens (tertiary/aromatic N) is 1. The van der Waals surface area contributed by atoms with Crippen LogP contribution >= 0.6 is 0 Å². The van der Waals surface area contributed by atoms with Crippen LogP contribution in [0, 0.1) is 5.41 Å². The van der Waals surface area contributed by atoms with Crippen molar-refractivity contribution in [3.05, 3.63) is 29.5 Å². The van der Waals surface area contributed by atoms with E-state index >= 15 is 0 Å². The minimum absolute atomic E-state index is 0.329. The number of rotatable bonds is 6. The van der Waals surface area contributed by atoms with Gasteiger partial charge < -0.3 is 25.7 Å². The molecule has 3 atom stereocenters. The predicted octanol–water partition coefficient (Wildman–Crippen LogP) is 3.33. The largest absolute Gasteiger partial charge is 0.489 e. The Kier molecular flexibility index (Phi) is 5.13. The zero-order chi connectivity index (χ0) is 19.0. The third kappa shape index (κ3) is 3.45. The molecule has 0 radical (unpaired) electrons. The molecule has 0 aromatic heterocycles. The average Bonchev–Trinajstić information content (AvgIpc) is 2.63. The fourth-order valence-corrected chi connectivity index (χ4v) is 4.06. The van der Waals surface area contributed by atoms with Crippen LogP contribution in [-0.2, 0) is 6.42 Å². The van der Waals surface area contributed by atoms with Gasteiger partial charge in [0, 0.05) is 60.5 Å². The number of anilines is 1. The molecule has 1 saturated carbocycles. The molecule has 3 N–H and O–H groups in total. The lowest BCUT2D eigenvalue weighted by Crippen LogP contribution is -2.61. The molecule has 4 rings (SSSR count). The van der Waals surface area contributed by atoms with Crippen molar-refractivity contribution in [2.24, 2.45) is 0 Å². The van der Waals surface area contributed by atoms with Crippen molar-refractivity contribution in [1.29, 1.82) is 5.41 Å². The van der Waals surface area contributed by atoms with Gasteiger partial charge in [0.25, 0.3) is 0 Å². The summed E-state index contributed by atoms with van der Waals surface area (Å²) in [7, 11) is 2.18. The highest BCUT2D eigenvalue weighted by atomic mass is 16.5. The first-order valence-electron chi connectivity index (χ1n) is 10.3. The number of ether oxygens (including phenoxy) is 1. The van der Waals surface area contributed by atoms with Gasteiger partial charge in [-0.1, -0.05) is 0 Å². The summed E-state index contributed by atoms with van der Waals surface area (Å²) in [5.41, 5.74) is 4.53. The van der Waals surface area contributed by atoms with Crippen molar-refractivity contribution in [3.63, 3.8) is 0 Å². The second-order valence-electron chi connectivity index (χ2n) is 8.32. The van der Waals surface area contributed by atoms with Gasteiger partial charge in [-0.05, 0) is 58.1 Å². The fraction of sp³-hybridized carbons (Fsp3) is 0.591. The Morgan fingerprint density at radius 2 is 2.11 bits per heavy atom. The number of hydrogen-bond donors (Lipinski definition) is 3. The van der Waals surface area contributed by atoms with Crippen molar-refractivity contribution in [2.75, 3.05) is 18.5 Å². The number of nitrogens with one attached hydrogen (secondary N) is 3. The minimum Gasteiger partial charge on any atom is -0.489 e. The highest BCUT2D eigenvalue weighted by Crippen LogP contribution is 2.42. The van der Waals surface area contributed by atoms with Gasteiger partial charge in [-0.2, -0.15) is 0 Å². The van der Waals surface area contributed by atoms with E-state index in [0.29, 0.717) is 24.2 Å². The van der Waals surface area contributed by atoms with Crippen LogP contribution in [0.3, 0.4) is 0 Å². The lowest BCUT2D eigenvalue weighted by molar-refractivity contribution is 0.118. The highest BCUT2D eigenvalue weighted by molar-refractivity contribution is 6.09. The van der Waals surface area contributed by atoms with Gasteiger partial charge in [0.05, 0.1) is 12.1 Å². The van der Waals surface area contributed by atoms with Gasteiger partial charge in [-0.25, -0.2) is 0 Å². The third-order valence-corrected chi connectivity index (χ3v) is 6.61. The first-order valence-corrected chi connectivity index (χ1v) is 10.3. The summed E-state index contributed by atoms with van der Waals surface area (Å²) >= 11 is 0. The molecule has 5 heteroatoms. The summed E-state index contributed by atoms with van der Waals surface area (Å²) in [6.07, 6.45) is 9.50. The van der Waals surface area contributed by atoms with E-state index in [-0.39, 0.29) is 0 Å². The Morgan fingerprint density at radius 3 is 2.70 bits per heavy atom. The van der Waals surface area contributed by atoms with E-state index in [9.17, 15) is 0 Å². The van der Waals surface area contributed by atoms with Crippen molar-refractivity contribution < 1.29 is 4.74 Å². The molecule has 3 unspecified atom stereocenters. The van der Waals surface area contributed by atoms with Gasteiger partial charge in [-0.15, -0.1) is 0 Å². The van der Waals surface area contributed by atoms with Crippen LogP contribution in [0.5, 0.6) is 5.75 Å².